The van der Waals surface area contributed by atoms with E-state index >= 15 is 0 Å². The lowest BCUT2D eigenvalue weighted by atomic mass is 9.84. The van der Waals surface area contributed by atoms with Crippen molar-refractivity contribution in [3.05, 3.63) is 34.3 Å². The summed E-state index contributed by atoms with van der Waals surface area (Å²) < 4.78 is 0.961. The average Bonchev–Trinajstić information content (AvgIpc) is 2.18. The molecule has 0 amide bonds. The van der Waals surface area contributed by atoms with Crippen molar-refractivity contribution in [3.8, 4) is 6.07 Å². The monoisotopic (exact) mass is 253 g/mol. The number of aliphatic hydroxyl groups excluding tert-OH is 1. The van der Waals surface area contributed by atoms with E-state index in [1.54, 1.807) is 13.8 Å². The highest BCUT2D eigenvalue weighted by Crippen LogP contribution is 2.32. The van der Waals surface area contributed by atoms with Gasteiger partial charge in [0, 0.05) is 4.47 Å². The normalized spacial score (nSPS) is 13.4. The summed E-state index contributed by atoms with van der Waals surface area (Å²) in [6, 6.07) is 9.43. The molecular formula is C11H12BrNO. The zero-order valence-corrected chi connectivity index (χ0v) is 9.75. The molecule has 0 aliphatic heterocycles. The third-order valence-corrected chi connectivity index (χ3v) is 2.69. The van der Waals surface area contributed by atoms with Crippen LogP contribution in [-0.4, -0.2) is 5.11 Å². The highest BCUT2D eigenvalue weighted by molar-refractivity contribution is 9.10. The maximum Gasteiger partial charge on any atom is 0.0970 e. The Morgan fingerprint density at radius 3 is 2.29 bits per heavy atom. The van der Waals surface area contributed by atoms with Crippen LogP contribution >= 0.6 is 15.9 Å². The Hall–Kier alpha value is -0.850. The molecule has 0 saturated carbocycles. The Bertz CT molecular complexity index is 351. The molecule has 0 aromatic heterocycles. The van der Waals surface area contributed by atoms with Gasteiger partial charge in [0.15, 0.2) is 0 Å². The standard InChI is InChI=1S/C11H12BrNO/c1-11(2,7-13)10(14)8-3-5-9(12)6-4-8/h3-6,10,14H,1-2H3. The van der Waals surface area contributed by atoms with Crippen molar-refractivity contribution < 1.29 is 5.11 Å². The smallest absolute Gasteiger partial charge is 0.0970 e. The Morgan fingerprint density at radius 1 is 1.36 bits per heavy atom. The Balaban J connectivity index is 2.96. The molecule has 0 bridgehead atoms. The predicted octanol–water partition coefficient (Wildman–Crippen LogP) is 3.03. The van der Waals surface area contributed by atoms with Gasteiger partial charge in [0.1, 0.15) is 0 Å². The summed E-state index contributed by atoms with van der Waals surface area (Å²) in [5.74, 6) is 0. The first kappa shape index (κ1) is 11.2. The van der Waals surface area contributed by atoms with Gasteiger partial charge in [-0.1, -0.05) is 28.1 Å². The number of hydrogen-bond acceptors (Lipinski definition) is 2. The molecule has 1 N–H and O–H groups in total. The number of hydrogen-bond donors (Lipinski definition) is 1. The molecule has 0 heterocycles. The second-order valence-corrected chi connectivity index (χ2v) is 4.70. The van der Waals surface area contributed by atoms with E-state index in [1.807, 2.05) is 24.3 Å². The molecule has 1 unspecified atom stereocenters. The fourth-order valence-corrected chi connectivity index (χ4v) is 1.39. The molecule has 0 saturated heterocycles. The van der Waals surface area contributed by atoms with Crippen LogP contribution in [0.3, 0.4) is 0 Å². The number of rotatable bonds is 2. The zero-order chi connectivity index (χ0) is 10.8. The van der Waals surface area contributed by atoms with E-state index < -0.39 is 11.5 Å². The molecule has 2 nitrogen and oxygen atoms in total. The maximum atomic E-state index is 9.90. The van der Waals surface area contributed by atoms with Crippen LogP contribution < -0.4 is 0 Å². The summed E-state index contributed by atoms with van der Waals surface area (Å²) in [5.41, 5.74) is 0.00754. The van der Waals surface area contributed by atoms with Gasteiger partial charge in [-0.2, -0.15) is 5.26 Å². The van der Waals surface area contributed by atoms with Crippen LogP contribution in [0.25, 0.3) is 0 Å². The van der Waals surface area contributed by atoms with Crippen molar-refractivity contribution in [2.75, 3.05) is 0 Å². The summed E-state index contributed by atoms with van der Waals surface area (Å²) in [4.78, 5) is 0. The summed E-state index contributed by atoms with van der Waals surface area (Å²) in [6.45, 7) is 3.44. The number of nitriles is 1. The van der Waals surface area contributed by atoms with E-state index in [4.69, 9.17) is 5.26 Å². The van der Waals surface area contributed by atoms with Gasteiger partial charge in [0.05, 0.1) is 17.6 Å². The lowest BCUT2D eigenvalue weighted by Crippen LogP contribution is -2.19. The highest BCUT2D eigenvalue weighted by Gasteiger charge is 2.28. The minimum absolute atomic E-state index is 0.749. The van der Waals surface area contributed by atoms with Crippen LogP contribution in [-0.2, 0) is 0 Å². The van der Waals surface area contributed by atoms with Crippen molar-refractivity contribution in [3.63, 3.8) is 0 Å². The molecule has 0 aliphatic carbocycles. The van der Waals surface area contributed by atoms with Crippen molar-refractivity contribution in [1.29, 1.82) is 5.26 Å². The van der Waals surface area contributed by atoms with Crippen molar-refractivity contribution in [2.24, 2.45) is 5.41 Å². The van der Waals surface area contributed by atoms with E-state index in [0.717, 1.165) is 10.0 Å². The molecule has 3 heteroatoms. The SMILES string of the molecule is CC(C)(C#N)C(O)c1ccc(Br)cc1. The second-order valence-electron chi connectivity index (χ2n) is 3.79. The van der Waals surface area contributed by atoms with Crippen molar-refractivity contribution >= 4 is 15.9 Å². The van der Waals surface area contributed by atoms with Gasteiger partial charge < -0.3 is 5.11 Å². The first-order chi connectivity index (χ1) is 6.47. The molecule has 1 aromatic rings. The number of aliphatic hydroxyl groups is 1. The van der Waals surface area contributed by atoms with Gasteiger partial charge in [-0.15, -0.1) is 0 Å². The molecule has 0 radical (unpaired) electrons. The minimum atomic E-state index is -0.756. The van der Waals surface area contributed by atoms with Crippen LogP contribution in [0, 0.1) is 16.7 Å². The lowest BCUT2D eigenvalue weighted by molar-refractivity contribution is 0.0868. The highest BCUT2D eigenvalue weighted by atomic mass is 79.9. The second kappa shape index (κ2) is 4.12. The van der Waals surface area contributed by atoms with Crippen molar-refractivity contribution in [2.45, 2.75) is 20.0 Å². The van der Waals surface area contributed by atoms with Gasteiger partial charge in [-0.25, -0.2) is 0 Å². The zero-order valence-electron chi connectivity index (χ0n) is 8.16. The van der Waals surface area contributed by atoms with Crippen molar-refractivity contribution in [1.82, 2.24) is 0 Å². The molecule has 14 heavy (non-hydrogen) atoms. The van der Waals surface area contributed by atoms with Crippen LogP contribution in [0.15, 0.2) is 28.7 Å². The Morgan fingerprint density at radius 2 is 1.86 bits per heavy atom. The first-order valence-electron chi connectivity index (χ1n) is 4.32. The summed E-state index contributed by atoms with van der Waals surface area (Å²) in [5, 5.41) is 18.8. The Kier molecular flexibility index (Phi) is 3.30. The first-order valence-corrected chi connectivity index (χ1v) is 5.11. The molecule has 1 aromatic carbocycles. The van der Waals surface area contributed by atoms with Crippen LogP contribution in [0.5, 0.6) is 0 Å². The van der Waals surface area contributed by atoms with Gasteiger partial charge in [-0.05, 0) is 31.5 Å². The molecule has 0 spiro atoms. The summed E-state index contributed by atoms with van der Waals surface area (Å²) >= 11 is 3.32. The molecule has 1 rings (SSSR count). The van der Waals surface area contributed by atoms with E-state index in [9.17, 15) is 5.11 Å². The number of benzene rings is 1. The largest absolute Gasteiger partial charge is 0.387 e. The van der Waals surface area contributed by atoms with Crippen LogP contribution in [0.1, 0.15) is 25.5 Å². The van der Waals surface area contributed by atoms with E-state index in [2.05, 4.69) is 22.0 Å². The van der Waals surface area contributed by atoms with Gasteiger partial charge in [0.25, 0.3) is 0 Å². The Labute approximate surface area is 92.3 Å². The molecule has 74 valence electrons. The predicted molar refractivity (Wildman–Crippen MR) is 58.5 cm³/mol. The van der Waals surface area contributed by atoms with E-state index in [-0.39, 0.29) is 0 Å². The summed E-state index contributed by atoms with van der Waals surface area (Å²) in [6.07, 6.45) is -0.749. The number of halogens is 1. The fraction of sp³-hybridized carbons (Fsp3) is 0.364. The van der Waals surface area contributed by atoms with Crippen LogP contribution in [0.4, 0.5) is 0 Å². The summed E-state index contributed by atoms with van der Waals surface area (Å²) in [7, 11) is 0. The number of nitrogens with zero attached hydrogens (tertiary/aromatic N) is 1. The van der Waals surface area contributed by atoms with Gasteiger partial charge >= 0.3 is 0 Å². The van der Waals surface area contributed by atoms with Gasteiger partial charge in [-0.3, -0.25) is 0 Å². The van der Waals surface area contributed by atoms with E-state index in [1.165, 1.54) is 0 Å². The molecule has 1 atom stereocenters. The van der Waals surface area contributed by atoms with Gasteiger partial charge in [0.2, 0.25) is 0 Å². The minimum Gasteiger partial charge on any atom is -0.387 e. The third kappa shape index (κ3) is 2.34. The lowest BCUT2D eigenvalue weighted by Gasteiger charge is -2.23. The maximum absolute atomic E-state index is 9.90. The van der Waals surface area contributed by atoms with Crippen LogP contribution in [0.2, 0.25) is 0 Å². The quantitative estimate of drug-likeness (QED) is 0.881. The topological polar surface area (TPSA) is 44.0 Å². The molecule has 0 fully saturated rings. The molecule has 0 aliphatic rings. The molecular weight excluding hydrogens is 242 g/mol. The average molecular weight is 254 g/mol. The third-order valence-electron chi connectivity index (χ3n) is 2.16. The fourth-order valence-electron chi connectivity index (χ4n) is 1.12. The van der Waals surface area contributed by atoms with E-state index in [0.29, 0.717) is 0 Å².